The smallest absolute Gasteiger partial charge is 0.355 e. The van der Waals surface area contributed by atoms with Gasteiger partial charge in [-0.3, -0.25) is 14.2 Å². The molecule has 0 atom stereocenters. The predicted octanol–water partition coefficient (Wildman–Crippen LogP) is 2.32. The summed E-state index contributed by atoms with van der Waals surface area (Å²) in [6.07, 6.45) is 1.60. The molecule has 2 rings (SSSR count). The number of aromatic nitrogens is 4. The number of halogens is 1. The first-order chi connectivity index (χ1) is 14.1. The highest BCUT2D eigenvalue weighted by Crippen LogP contribution is 2.17. The second-order valence-corrected chi connectivity index (χ2v) is 6.01. The molecule has 0 aromatic carbocycles. The third-order valence-electron chi connectivity index (χ3n) is 3.90. The van der Waals surface area contributed by atoms with Gasteiger partial charge in [0.25, 0.3) is 5.24 Å². The zero-order chi connectivity index (χ0) is 23.0. The second-order valence-electron chi connectivity index (χ2n) is 5.67. The van der Waals surface area contributed by atoms with Gasteiger partial charge in [0.1, 0.15) is 16.8 Å². The minimum atomic E-state index is -1.20. The van der Waals surface area contributed by atoms with Crippen molar-refractivity contribution in [3.05, 3.63) is 34.4 Å². The van der Waals surface area contributed by atoms with Gasteiger partial charge in [-0.15, -0.1) is 0 Å². The molecule has 0 radical (unpaired) electrons. The van der Waals surface area contributed by atoms with E-state index in [1.807, 2.05) is 6.92 Å². The van der Waals surface area contributed by atoms with Gasteiger partial charge in [-0.25, -0.2) is 14.4 Å². The third kappa shape index (κ3) is 5.44. The first kappa shape index (κ1) is 24.8. The number of ether oxygens (including phenoxy) is 1. The van der Waals surface area contributed by atoms with Crippen LogP contribution < -0.4 is 0 Å². The van der Waals surface area contributed by atoms with Crippen LogP contribution in [0, 0.1) is 0 Å². The fourth-order valence-corrected chi connectivity index (χ4v) is 2.81. The van der Waals surface area contributed by atoms with Crippen molar-refractivity contribution in [2.45, 2.75) is 47.2 Å². The Morgan fingerprint density at radius 3 is 2.00 bits per heavy atom. The molecule has 30 heavy (non-hydrogen) atoms. The molecule has 0 fully saturated rings. The Labute approximate surface area is 177 Å². The largest absolute Gasteiger partial charge is 0.478 e. The number of rotatable bonds is 8. The zero-order valence-corrected chi connectivity index (χ0v) is 17.8. The van der Waals surface area contributed by atoms with Crippen molar-refractivity contribution in [3.8, 4) is 0 Å². The highest BCUT2D eigenvalue weighted by Gasteiger charge is 2.27. The van der Waals surface area contributed by atoms with E-state index in [0.29, 0.717) is 25.2 Å². The van der Waals surface area contributed by atoms with E-state index in [1.165, 1.54) is 9.36 Å². The summed E-state index contributed by atoms with van der Waals surface area (Å²) in [6.45, 7) is 8.01. The quantitative estimate of drug-likeness (QED) is 0.462. The van der Waals surface area contributed by atoms with Gasteiger partial charge in [0, 0.05) is 13.1 Å². The van der Waals surface area contributed by atoms with E-state index in [0.717, 1.165) is 6.20 Å². The van der Waals surface area contributed by atoms with Gasteiger partial charge in [0.2, 0.25) is 0 Å². The molecule has 0 saturated carbocycles. The zero-order valence-electron chi connectivity index (χ0n) is 17.0. The van der Waals surface area contributed by atoms with Gasteiger partial charge < -0.3 is 14.9 Å². The van der Waals surface area contributed by atoms with Crippen LogP contribution in [0.5, 0.6) is 0 Å². The molecule has 0 bridgehead atoms. The van der Waals surface area contributed by atoms with Gasteiger partial charge >= 0.3 is 17.9 Å². The topological polar surface area (TPSA) is 154 Å². The van der Waals surface area contributed by atoms with E-state index in [2.05, 4.69) is 10.2 Å². The number of hydrogen-bond donors (Lipinski definition) is 2. The van der Waals surface area contributed by atoms with Crippen LogP contribution in [-0.4, -0.2) is 59.5 Å². The molecule has 0 aliphatic carbocycles. The van der Waals surface area contributed by atoms with Crippen molar-refractivity contribution in [2.75, 3.05) is 6.61 Å². The summed E-state index contributed by atoms with van der Waals surface area (Å²) in [7, 11) is 0. The molecule has 0 aliphatic rings. The van der Waals surface area contributed by atoms with Crippen molar-refractivity contribution >= 4 is 34.8 Å². The number of hydrogen-bond acceptors (Lipinski definition) is 7. The predicted molar refractivity (Wildman–Crippen MR) is 105 cm³/mol. The molecule has 2 heterocycles. The normalized spacial score (nSPS) is 10.2. The summed E-state index contributed by atoms with van der Waals surface area (Å²) in [5, 5.41) is 24.8. The number of carbonyl (C=O) groups is 4. The summed E-state index contributed by atoms with van der Waals surface area (Å²) in [5.41, 5.74) is 0.202. The van der Waals surface area contributed by atoms with Crippen LogP contribution >= 0.6 is 11.6 Å². The van der Waals surface area contributed by atoms with E-state index in [9.17, 15) is 19.2 Å². The molecule has 0 amide bonds. The maximum absolute atomic E-state index is 11.7. The minimum absolute atomic E-state index is 0.0725. The Balaban J connectivity index is 0.000000311. The van der Waals surface area contributed by atoms with Crippen molar-refractivity contribution in [3.63, 3.8) is 0 Å². The summed E-state index contributed by atoms with van der Waals surface area (Å²) >= 11 is 5.21. The summed E-state index contributed by atoms with van der Waals surface area (Å²) < 4.78 is 7.43. The van der Waals surface area contributed by atoms with E-state index in [4.69, 9.17) is 26.6 Å². The monoisotopic (exact) mass is 442 g/mol. The van der Waals surface area contributed by atoms with Gasteiger partial charge in [-0.05, 0) is 38.8 Å². The fourth-order valence-electron chi connectivity index (χ4n) is 2.61. The van der Waals surface area contributed by atoms with Gasteiger partial charge in [-0.1, -0.05) is 6.92 Å². The molecular formula is C18H23ClN4O7. The Hall–Kier alpha value is -3.21. The molecule has 164 valence electrons. The van der Waals surface area contributed by atoms with Crippen molar-refractivity contribution in [1.82, 2.24) is 19.6 Å². The number of carbonyl (C=O) groups excluding carboxylic acids is 2. The lowest BCUT2D eigenvalue weighted by molar-refractivity contribution is 0.0511. The minimum Gasteiger partial charge on any atom is -0.478 e. The van der Waals surface area contributed by atoms with Crippen LogP contribution in [0.2, 0.25) is 0 Å². The maximum atomic E-state index is 11.7. The molecular weight excluding hydrogens is 420 g/mol. The lowest BCUT2D eigenvalue weighted by Crippen LogP contribution is -2.15. The van der Waals surface area contributed by atoms with Gasteiger partial charge in [0.15, 0.2) is 5.69 Å². The third-order valence-corrected chi connectivity index (χ3v) is 4.08. The molecule has 0 unspecified atom stereocenters. The number of carboxylic acids is 2. The SMILES string of the molecule is CCOC(=O)c1c(CC)nn(CC)c1C(=O)O.CCn1ncc(C(=O)O)c1C(=O)Cl. The first-order valence-electron chi connectivity index (χ1n) is 9.13. The van der Waals surface area contributed by atoms with E-state index >= 15 is 0 Å². The van der Waals surface area contributed by atoms with Gasteiger partial charge in [-0.2, -0.15) is 10.2 Å². The van der Waals surface area contributed by atoms with Gasteiger partial charge in [0.05, 0.1) is 18.5 Å². The van der Waals surface area contributed by atoms with E-state index in [1.54, 1.807) is 20.8 Å². The molecule has 0 saturated heterocycles. The van der Waals surface area contributed by atoms with Crippen LogP contribution in [0.25, 0.3) is 0 Å². The Kier molecular flexibility index (Phi) is 9.18. The Morgan fingerprint density at radius 2 is 1.60 bits per heavy atom. The fraction of sp³-hybridized carbons (Fsp3) is 0.444. The van der Waals surface area contributed by atoms with Crippen molar-refractivity contribution in [2.24, 2.45) is 0 Å². The molecule has 12 heteroatoms. The number of aromatic carboxylic acids is 2. The number of aryl methyl sites for hydroxylation is 3. The molecule has 2 N–H and O–H groups in total. The van der Waals surface area contributed by atoms with Crippen molar-refractivity contribution < 1.29 is 34.1 Å². The number of nitrogens with zero attached hydrogens (tertiary/aromatic N) is 4. The number of esters is 1. The highest BCUT2D eigenvalue weighted by atomic mass is 35.5. The van der Waals surface area contributed by atoms with Crippen LogP contribution in [0.1, 0.15) is 75.1 Å². The second kappa shape index (κ2) is 11.1. The van der Waals surface area contributed by atoms with Crippen LogP contribution in [0.15, 0.2) is 6.20 Å². The van der Waals surface area contributed by atoms with Crippen LogP contribution in [-0.2, 0) is 24.2 Å². The Morgan fingerprint density at radius 1 is 1.00 bits per heavy atom. The average molecular weight is 443 g/mol. The average Bonchev–Trinajstić information content (AvgIpc) is 3.29. The standard InChI is InChI=1S/C11H16N2O4.C7H7ClN2O3/c1-4-7-8(11(16)17-6-3)9(10(14)15)13(5-2)12-7;1-2-10-5(6(8)11)4(3-9-10)7(12)13/h4-6H2,1-3H3,(H,14,15);3H,2H2,1H3,(H,12,13). The summed E-state index contributed by atoms with van der Waals surface area (Å²) in [4.78, 5) is 44.4. The lowest BCUT2D eigenvalue weighted by Gasteiger charge is -2.03. The van der Waals surface area contributed by atoms with Crippen molar-refractivity contribution in [1.29, 1.82) is 0 Å². The number of carboxylic acid groups (broad SMARTS) is 2. The van der Waals surface area contributed by atoms with E-state index in [-0.39, 0.29) is 29.1 Å². The summed E-state index contributed by atoms with van der Waals surface area (Å²) in [5.74, 6) is -2.99. The maximum Gasteiger partial charge on any atom is 0.355 e. The lowest BCUT2D eigenvalue weighted by atomic mass is 10.1. The molecule has 2 aromatic heterocycles. The molecule has 0 spiro atoms. The van der Waals surface area contributed by atoms with Crippen LogP contribution in [0.3, 0.4) is 0 Å². The molecule has 2 aromatic rings. The van der Waals surface area contributed by atoms with E-state index < -0.39 is 23.2 Å². The molecule has 11 nitrogen and oxygen atoms in total. The Bertz CT molecular complexity index is 949. The first-order valence-corrected chi connectivity index (χ1v) is 9.51. The highest BCUT2D eigenvalue weighted by molar-refractivity contribution is 6.67. The van der Waals surface area contributed by atoms with Crippen LogP contribution in [0.4, 0.5) is 0 Å². The summed E-state index contributed by atoms with van der Waals surface area (Å²) in [6, 6.07) is 0. The molecule has 0 aliphatic heterocycles.